The average Bonchev–Trinajstić information content (AvgIpc) is 2.66. The Bertz CT molecular complexity index is 698. The van der Waals surface area contributed by atoms with Crippen LogP contribution in [-0.4, -0.2) is 41.4 Å². The summed E-state index contributed by atoms with van der Waals surface area (Å²) in [5.41, 5.74) is -1.70. The molecule has 0 saturated carbocycles. The lowest BCUT2D eigenvalue weighted by Gasteiger charge is -2.32. The van der Waals surface area contributed by atoms with Gasteiger partial charge in [0.1, 0.15) is 5.56 Å². The maximum absolute atomic E-state index is 11.9. The highest BCUT2D eigenvalue weighted by Gasteiger charge is 2.53. The lowest BCUT2D eigenvalue weighted by atomic mass is 9.74. The van der Waals surface area contributed by atoms with Crippen LogP contribution in [0.2, 0.25) is 0 Å². The number of hydrogen-bond acceptors (Lipinski definition) is 7. The van der Waals surface area contributed by atoms with Gasteiger partial charge in [-0.05, 0) is 46.1 Å². The minimum absolute atomic E-state index is 0.170. The second kappa shape index (κ2) is 5.75. The van der Waals surface area contributed by atoms with Crippen molar-refractivity contribution in [1.29, 1.82) is 0 Å². The van der Waals surface area contributed by atoms with Crippen LogP contribution in [0.5, 0.6) is 5.75 Å². The predicted molar refractivity (Wildman–Crippen MR) is 86.6 cm³/mol. The van der Waals surface area contributed by atoms with E-state index in [4.69, 9.17) is 9.31 Å². The Morgan fingerprint density at radius 1 is 1.29 bits per heavy atom. The molecule has 9 heteroatoms. The molecule has 0 radical (unpaired) electrons. The fraction of sp³-hybridized carbons (Fsp3) is 0.533. The van der Waals surface area contributed by atoms with Gasteiger partial charge in [-0.2, -0.15) is 0 Å². The molecule has 1 saturated heterocycles. The van der Waals surface area contributed by atoms with Crippen molar-refractivity contribution in [3.63, 3.8) is 0 Å². The molecule has 8 nitrogen and oxygen atoms in total. The van der Waals surface area contributed by atoms with Crippen LogP contribution >= 0.6 is 0 Å². The van der Waals surface area contributed by atoms with Crippen molar-refractivity contribution in [2.75, 3.05) is 7.11 Å². The maximum atomic E-state index is 11.9. The summed E-state index contributed by atoms with van der Waals surface area (Å²) in [6, 6.07) is 1.31. The zero-order valence-corrected chi connectivity index (χ0v) is 14.5. The maximum Gasteiger partial charge on any atom is 0.495 e. The van der Waals surface area contributed by atoms with Gasteiger partial charge in [-0.15, -0.1) is 0 Å². The third kappa shape index (κ3) is 2.74. The van der Waals surface area contributed by atoms with Gasteiger partial charge >= 0.3 is 18.8 Å². The number of rotatable bonds is 3. The van der Waals surface area contributed by atoms with E-state index in [1.54, 1.807) is 0 Å². The highest BCUT2D eigenvalue weighted by Crippen LogP contribution is 2.39. The molecule has 1 N–H and O–H groups in total. The van der Waals surface area contributed by atoms with Crippen molar-refractivity contribution >= 4 is 24.2 Å². The van der Waals surface area contributed by atoms with Crippen molar-refractivity contribution in [2.45, 2.75) is 45.8 Å². The third-order valence-corrected chi connectivity index (χ3v) is 4.66. The lowest BCUT2D eigenvalue weighted by Crippen LogP contribution is -2.41. The summed E-state index contributed by atoms with van der Waals surface area (Å²) >= 11 is 0. The fourth-order valence-electron chi connectivity index (χ4n) is 2.48. The minimum atomic E-state index is -0.905. The first-order chi connectivity index (χ1) is 10.9. The molecule has 1 aromatic carbocycles. The Morgan fingerprint density at radius 2 is 1.79 bits per heavy atom. The summed E-state index contributed by atoms with van der Waals surface area (Å²) < 4.78 is 16.4. The Balaban J connectivity index is 2.65. The number of ether oxygens (including phenoxy) is 1. The molecule has 24 heavy (non-hydrogen) atoms. The van der Waals surface area contributed by atoms with Gasteiger partial charge in [-0.3, -0.25) is 10.1 Å². The molecular weight excluding hydrogens is 317 g/mol. The molecule has 0 atom stereocenters. The molecule has 0 unspecified atom stereocenters. The smallest absolute Gasteiger partial charge is 0.495 e. The van der Waals surface area contributed by atoms with Crippen molar-refractivity contribution in [3.05, 3.63) is 27.3 Å². The first-order valence-corrected chi connectivity index (χ1v) is 7.37. The van der Waals surface area contributed by atoms with Crippen LogP contribution in [-0.2, 0) is 14.0 Å². The summed E-state index contributed by atoms with van der Waals surface area (Å²) in [7, 11) is 0.222. The minimum Gasteiger partial charge on any atom is -0.501 e. The third-order valence-electron chi connectivity index (χ3n) is 4.66. The van der Waals surface area contributed by atoms with Crippen LogP contribution in [0.15, 0.2) is 6.07 Å². The second-order valence-corrected chi connectivity index (χ2v) is 6.67. The number of carbonyl (C=O) groups is 1. The molecule has 2 rings (SSSR count). The van der Waals surface area contributed by atoms with Gasteiger partial charge in [0.15, 0.2) is 0 Å². The molecule has 130 valence electrons. The van der Waals surface area contributed by atoms with E-state index in [2.05, 4.69) is 4.74 Å². The average molecular weight is 337 g/mol. The first kappa shape index (κ1) is 18.2. The number of nitro groups is 1. The number of esters is 1. The Morgan fingerprint density at radius 3 is 2.21 bits per heavy atom. The van der Waals surface area contributed by atoms with Gasteiger partial charge in [0.25, 0.3) is 0 Å². The summed E-state index contributed by atoms with van der Waals surface area (Å²) in [4.78, 5) is 22.5. The molecule has 0 bridgehead atoms. The topological polar surface area (TPSA) is 108 Å². The summed E-state index contributed by atoms with van der Waals surface area (Å²) in [6.07, 6.45) is 0. The van der Waals surface area contributed by atoms with Crippen LogP contribution in [0.25, 0.3) is 0 Å². The summed E-state index contributed by atoms with van der Waals surface area (Å²) in [5.74, 6) is -1.61. The number of nitro benzene ring substituents is 1. The number of hydrogen-bond donors (Lipinski definition) is 1. The van der Waals surface area contributed by atoms with E-state index in [1.807, 2.05) is 27.7 Å². The van der Waals surface area contributed by atoms with E-state index in [9.17, 15) is 20.0 Å². The molecule has 0 aliphatic carbocycles. The highest BCUT2D eigenvalue weighted by atomic mass is 16.7. The first-order valence-electron chi connectivity index (χ1n) is 7.37. The molecule has 1 aromatic rings. The van der Waals surface area contributed by atoms with E-state index in [0.29, 0.717) is 5.46 Å². The lowest BCUT2D eigenvalue weighted by molar-refractivity contribution is -0.386. The molecule has 1 aliphatic heterocycles. The van der Waals surface area contributed by atoms with E-state index in [-0.39, 0.29) is 11.1 Å². The van der Waals surface area contributed by atoms with Gasteiger partial charge < -0.3 is 19.2 Å². The molecule has 1 fully saturated rings. The number of benzene rings is 1. The number of aromatic hydroxyl groups is 1. The number of carbonyl (C=O) groups excluding carboxylic acids is 1. The standard InChI is InChI=1S/C15H20BNO7/c1-8-10(16-23-14(2,3)15(4,5)24-16)7-9(13(19)22-6)12(18)11(8)17(20)21/h7,18H,1-6H3. The van der Waals surface area contributed by atoms with Gasteiger partial charge in [0.2, 0.25) is 5.75 Å². The Labute approximate surface area is 140 Å². The number of phenolic OH excluding ortho intramolecular Hbond substituents is 1. The molecule has 0 aromatic heterocycles. The van der Waals surface area contributed by atoms with Crippen molar-refractivity contribution in [3.8, 4) is 5.75 Å². The highest BCUT2D eigenvalue weighted by molar-refractivity contribution is 6.63. The van der Waals surface area contributed by atoms with Gasteiger partial charge in [-0.1, -0.05) is 0 Å². The zero-order chi connectivity index (χ0) is 18.4. The number of nitrogens with zero attached hydrogens (tertiary/aromatic N) is 1. The van der Waals surface area contributed by atoms with Crippen molar-refractivity contribution < 1.29 is 28.9 Å². The summed E-state index contributed by atoms with van der Waals surface area (Å²) in [6.45, 7) is 8.85. The SMILES string of the molecule is COC(=O)c1cc(B2OC(C)(C)C(C)(C)O2)c(C)c([N+](=O)[O-])c1O. The zero-order valence-electron chi connectivity index (χ0n) is 14.5. The molecule has 0 amide bonds. The van der Waals surface area contributed by atoms with Gasteiger partial charge in [0, 0.05) is 5.56 Å². The van der Waals surface area contributed by atoms with Gasteiger partial charge in [-0.25, -0.2) is 4.79 Å². The van der Waals surface area contributed by atoms with Crippen LogP contribution in [0, 0.1) is 17.0 Å². The monoisotopic (exact) mass is 337 g/mol. The van der Waals surface area contributed by atoms with Crippen LogP contribution in [0.3, 0.4) is 0 Å². The normalized spacial score (nSPS) is 18.5. The van der Waals surface area contributed by atoms with E-state index >= 15 is 0 Å². The van der Waals surface area contributed by atoms with E-state index < -0.39 is 40.7 Å². The van der Waals surface area contributed by atoms with Crippen LogP contribution < -0.4 is 5.46 Å². The van der Waals surface area contributed by atoms with E-state index in [1.165, 1.54) is 13.0 Å². The number of methoxy groups -OCH3 is 1. The molecule has 0 spiro atoms. The second-order valence-electron chi connectivity index (χ2n) is 6.67. The fourth-order valence-corrected chi connectivity index (χ4v) is 2.48. The molecule has 1 heterocycles. The quantitative estimate of drug-likeness (QED) is 0.387. The Hall–Kier alpha value is -2.13. The largest absolute Gasteiger partial charge is 0.501 e. The van der Waals surface area contributed by atoms with Crippen molar-refractivity contribution in [2.24, 2.45) is 0 Å². The van der Waals surface area contributed by atoms with Crippen molar-refractivity contribution in [1.82, 2.24) is 0 Å². The number of phenols is 1. The van der Waals surface area contributed by atoms with Crippen LogP contribution in [0.1, 0.15) is 43.6 Å². The van der Waals surface area contributed by atoms with E-state index in [0.717, 1.165) is 7.11 Å². The predicted octanol–water partition coefficient (Wildman–Crippen LogP) is 1.69. The summed E-state index contributed by atoms with van der Waals surface area (Å²) in [5, 5.41) is 21.4. The van der Waals surface area contributed by atoms with Gasteiger partial charge in [0.05, 0.1) is 23.2 Å². The molecular formula is C15H20BNO7. The molecule has 1 aliphatic rings. The Kier molecular flexibility index (Phi) is 4.36. The van der Waals surface area contributed by atoms with Crippen LogP contribution in [0.4, 0.5) is 5.69 Å².